The van der Waals surface area contributed by atoms with Gasteiger partial charge < -0.3 is 10.1 Å². The van der Waals surface area contributed by atoms with E-state index in [-0.39, 0.29) is 5.97 Å². The third kappa shape index (κ3) is 2.61. The van der Waals surface area contributed by atoms with Gasteiger partial charge in [0.2, 0.25) is 0 Å². The molecule has 5 heteroatoms. The minimum absolute atomic E-state index is 0.348. The minimum atomic E-state index is -0.348. The van der Waals surface area contributed by atoms with E-state index in [1.807, 2.05) is 43.3 Å². The number of nitrogens with zero attached hydrogens (tertiary/aromatic N) is 2. The summed E-state index contributed by atoms with van der Waals surface area (Å²) in [4.78, 5) is 11.5. The van der Waals surface area contributed by atoms with E-state index in [1.165, 1.54) is 7.11 Å². The van der Waals surface area contributed by atoms with Crippen LogP contribution in [0.15, 0.2) is 48.5 Å². The average molecular weight is 293 g/mol. The van der Waals surface area contributed by atoms with Gasteiger partial charge in [0.1, 0.15) is 0 Å². The first-order valence-electron chi connectivity index (χ1n) is 6.86. The van der Waals surface area contributed by atoms with Crippen molar-refractivity contribution < 1.29 is 9.53 Å². The maximum absolute atomic E-state index is 11.5. The second-order valence-electron chi connectivity index (χ2n) is 4.87. The van der Waals surface area contributed by atoms with E-state index in [1.54, 1.807) is 12.1 Å². The van der Waals surface area contributed by atoms with Crippen molar-refractivity contribution in [3.05, 3.63) is 59.8 Å². The predicted molar refractivity (Wildman–Crippen MR) is 85.3 cm³/mol. The molecule has 22 heavy (non-hydrogen) atoms. The van der Waals surface area contributed by atoms with Crippen LogP contribution in [-0.2, 0) is 4.74 Å². The van der Waals surface area contributed by atoms with Crippen molar-refractivity contribution in [1.82, 2.24) is 10.2 Å². The number of carbonyl (C=O) groups is 1. The molecule has 0 aliphatic heterocycles. The van der Waals surface area contributed by atoms with Gasteiger partial charge in [-0.05, 0) is 37.3 Å². The molecule has 1 aromatic heterocycles. The number of carbonyl (C=O) groups excluding carboxylic acids is 1. The van der Waals surface area contributed by atoms with Gasteiger partial charge in [-0.1, -0.05) is 18.2 Å². The molecule has 0 amide bonds. The molecule has 0 radical (unpaired) electrons. The maximum Gasteiger partial charge on any atom is 0.337 e. The Kier molecular flexibility index (Phi) is 3.70. The lowest BCUT2D eigenvalue weighted by Gasteiger charge is -2.11. The van der Waals surface area contributed by atoms with Gasteiger partial charge in [-0.3, -0.25) is 0 Å². The Balaban J connectivity index is 1.96. The van der Waals surface area contributed by atoms with Gasteiger partial charge in [0, 0.05) is 11.1 Å². The Labute approximate surface area is 127 Å². The highest BCUT2D eigenvalue weighted by atomic mass is 16.5. The summed E-state index contributed by atoms with van der Waals surface area (Å²) in [6, 6.07) is 14.9. The zero-order valence-electron chi connectivity index (χ0n) is 12.3. The number of hydrogen-bond acceptors (Lipinski definition) is 5. The summed E-state index contributed by atoms with van der Waals surface area (Å²) < 4.78 is 4.69. The van der Waals surface area contributed by atoms with Crippen molar-refractivity contribution in [2.24, 2.45) is 0 Å². The molecule has 0 fully saturated rings. The molecule has 1 heterocycles. The van der Waals surface area contributed by atoms with Crippen LogP contribution in [-0.4, -0.2) is 23.3 Å². The van der Waals surface area contributed by atoms with Gasteiger partial charge in [-0.15, -0.1) is 0 Å². The lowest BCUT2D eigenvalue weighted by molar-refractivity contribution is 0.0601. The smallest absolute Gasteiger partial charge is 0.337 e. The molecular formula is C17H15N3O2. The highest BCUT2D eigenvalue weighted by Crippen LogP contribution is 2.27. The Bertz CT molecular complexity index is 829. The Morgan fingerprint density at radius 2 is 1.77 bits per heavy atom. The molecule has 0 saturated heterocycles. The fourth-order valence-electron chi connectivity index (χ4n) is 2.26. The van der Waals surface area contributed by atoms with E-state index in [4.69, 9.17) is 4.74 Å². The molecule has 110 valence electrons. The number of anilines is 2. The van der Waals surface area contributed by atoms with Gasteiger partial charge in [0.05, 0.1) is 29.6 Å². The van der Waals surface area contributed by atoms with Crippen molar-refractivity contribution in [2.75, 3.05) is 12.4 Å². The molecule has 3 aromatic rings. The lowest BCUT2D eigenvalue weighted by atomic mass is 10.1. The fourth-order valence-corrected chi connectivity index (χ4v) is 2.26. The maximum atomic E-state index is 11.5. The molecule has 0 aliphatic carbocycles. The Morgan fingerprint density at radius 3 is 2.50 bits per heavy atom. The summed E-state index contributed by atoms with van der Waals surface area (Å²) in [6.07, 6.45) is 0. The summed E-state index contributed by atoms with van der Waals surface area (Å²) in [5, 5.41) is 12.7. The zero-order valence-corrected chi connectivity index (χ0v) is 12.3. The summed E-state index contributed by atoms with van der Waals surface area (Å²) in [5.41, 5.74) is 3.95. The third-order valence-electron chi connectivity index (χ3n) is 3.42. The molecule has 1 N–H and O–H groups in total. The first-order chi connectivity index (χ1) is 10.7. The fraction of sp³-hybridized carbons (Fsp3) is 0.118. The average Bonchev–Trinajstić information content (AvgIpc) is 2.57. The lowest BCUT2D eigenvalue weighted by Crippen LogP contribution is -2.02. The third-order valence-corrected chi connectivity index (χ3v) is 3.42. The molecule has 0 saturated carbocycles. The van der Waals surface area contributed by atoms with E-state index in [2.05, 4.69) is 15.5 Å². The van der Waals surface area contributed by atoms with Crippen molar-refractivity contribution in [2.45, 2.75) is 6.92 Å². The van der Waals surface area contributed by atoms with Gasteiger partial charge in [-0.25, -0.2) is 4.79 Å². The molecule has 3 rings (SSSR count). The molecule has 2 aromatic carbocycles. The number of aryl methyl sites for hydroxylation is 1. The molecule has 0 atom stereocenters. The number of aromatic nitrogens is 2. The van der Waals surface area contributed by atoms with E-state index < -0.39 is 0 Å². The number of esters is 1. The molecule has 0 spiro atoms. The normalized spacial score (nSPS) is 10.5. The Hall–Kier alpha value is -2.95. The summed E-state index contributed by atoms with van der Waals surface area (Å²) in [5.74, 6) is -0.348. The highest BCUT2D eigenvalue weighted by Gasteiger charge is 2.09. The van der Waals surface area contributed by atoms with E-state index >= 15 is 0 Å². The molecule has 0 unspecified atom stereocenters. The van der Waals surface area contributed by atoms with E-state index in [0.29, 0.717) is 5.56 Å². The van der Waals surface area contributed by atoms with E-state index in [9.17, 15) is 4.79 Å². The minimum Gasteiger partial charge on any atom is -0.465 e. The van der Waals surface area contributed by atoms with Gasteiger partial charge in [0.15, 0.2) is 0 Å². The number of fused-ring (bicyclic) bond motifs is 1. The van der Waals surface area contributed by atoms with Crippen LogP contribution in [0.4, 0.5) is 11.4 Å². The van der Waals surface area contributed by atoms with Crippen molar-refractivity contribution in [1.29, 1.82) is 0 Å². The largest absolute Gasteiger partial charge is 0.465 e. The van der Waals surface area contributed by atoms with Crippen LogP contribution in [0.3, 0.4) is 0 Å². The quantitative estimate of drug-likeness (QED) is 0.749. The second kappa shape index (κ2) is 5.81. The first-order valence-corrected chi connectivity index (χ1v) is 6.86. The van der Waals surface area contributed by atoms with Crippen molar-refractivity contribution >= 4 is 28.2 Å². The van der Waals surface area contributed by atoms with Crippen molar-refractivity contribution in [3.63, 3.8) is 0 Å². The molecule has 5 nitrogen and oxygen atoms in total. The van der Waals surface area contributed by atoms with Crippen LogP contribution in [0, 0.1) is 6.92 Å². The van der Waals surface area contributed by atoms with Crippen LogP contribution >= 0.6 is 0 Å². The van der Waals surface area contributed by atoms with Crippen LogP contribution in [0.25, 0.3) is 10.9 Å². The second-order valence-corrected chi connectivity index (χ2v) is 4.87. The molecule has 0 aliphatic rings. The summed E-state index contributed by atoms with van der Waals surface area (Å²) >= 11 is 0. The van der Waals surface area contributed by atoms with Crippen LogP contribution < -0.4 is 5.32 Å². The highest BCUT2D eigenvalue weighted by molar-refractivity contribution is 5.94. The van der Waals surface area contributed by atoms with Crippen LogP contribution in [0.1, 0.15) is 16.1 Å². The standard InChI is InChI=1S/C17H15N3O2/c1-11-16(14-5-3-4-6-15(14)20-19-11)18-13-9-7-12(8-10-13)17(21)22-2/h3-10H,1-2H3,(H,18,20). The predicted octanol–water partition coefficient (Wildman–Crippen LogP) is 3.47. The number of nitrogens with one attached hydrogen (secondary N) is 1. The number of hydrogen-bond donors (Lipinski definition) is 1. The van der Waals surface area contributed by atoms with Crippen LogP contribution in [0.2, 0.25) is 0 Å². The topological polar surface area (TPSA) is 64.1 Å². The van der Waals surface area contributed by atoms with Crippen LogP contribution in [0.5, 0.6) is 0 Å². The zero-order chi connectivity index (χ0) is 15.5. The molecule has 0 bridgehead atoms. The summed E-state index contributed by atoms with van der Waals surface area (Å²) in [6.45, 7) is 1.91. The Morgan fingerprint density at radius 1 is 1.05 bits per heavy atom. The monoisotopic (exact) mass is 293 g/mol. The number of methoxy groups -OCH3 is 1. The number of ether oxygens (including phenoxy) is 1. The van der Waals surface area contributed by atoms with Gasteiger partial charge in [-0.2, -0.15) is 10.2 Å². The number of rotatable bonds is 3. The van der Waals surface area contributed by atoms with Gasteiger partial charge >= 0.3 is 5.97 Å². The molecular weight excluding hydrogens is 278 g/mol. The SMILES string of the molecule is COC(=O)c1ccc(Nc2c(C)nnc3ccccc23)cc1. The van der Waals surface area contributed by atoms with Gasteiger partial charge in [0.25, 0.3) is 0 Å². The van der Waals surface area contributed by atoms with E-state index in [0.717, 1.165) is 28.0 Å². The number of benzene rings is 2. The van der Waals surface area contributed by atoms with Crippen molar-refractivity contribution in [3.8, 4) is 0 Å². The first kappa shape index (κ1) is 14.0. The summed E-state index contributed by atoms with van der Waals surface area (Å²) in [7, 11) is 1.37.